The van der Waals surface area contributed by atoms with Gasteiger partial charge >= 0.3 is 0 Å². The largest absolute Gasteiger partial charge is 0.465 e. The maximum Gasteiger partial charge on any atom is 0.132 e. The van der Waals surface area contributed by atoms with Gasteiger partial charge in [0.05, 0.1) is 6.26 Å². The highest BCUT2D eigenvalue weighted by atomic mass is 16.3. The number of rotatable bonds is 6. The van der Waals surface area contributed by atoms with Crippen molar-refractivity contribution in [2.24, 2.45) is 0 Å². The summed E-state index contributed by atoms with van der Waals surface area (Å²) in [7, 11) is 0. The van der Waals surface area contributed by atoms with E-state index in [9.17, 15) is 0 Å². The molecule has 0 radical (unpaired) electrons. The first-order valence-corrected chi connectivity index (χ1v) is 9.16. The van der Waals surface area contributed by atoms with E-state index in [-0.39, 0.29) is 0 Å². The SMILES string of the molecule is CCCc1nc(C)cc(N2CCN(C/C(C)=C/c3ccco3)CC2)n1. The van der Waals surface area contributed by atoms with Crippen molar-refractivity contribution in [1.29, 1.82) is 0 Å². The van der Waals surface area contributed by atoms with Crippen molar-refractivity contribution >= 4 is 11.9 Å². The fourth-order valence-electron chi connectivity index (χ4n) is 3.26. The molecular weight excluding hydrogens is 312 g/mol. The summed E-state index contributed by atoms with van der Waals surface area (Å²) in [5, 5.41) is 0. The fourth-order valence-corrected chi connectivity index (χ4v) is 3.26. The molecule has 5 nitrogen and oxygen atoms in total. The van der Waals surface area contributed by atoms with E-state index in [1.54, 1.807) is 6.26 Å². The Morgan fingerprint density at radius 2 is 2.04 bits per heavy atom. The van der Waals surface area contributed by atoms with Crippen LogP contribution in [0.3, 0.4) is 0 Å². The minimum atomic E-state index is 0.927. The number of nitrogens with zero attached hydrogens (tertiary/aromatic N) is 4. The van der Waals surface area contributed by atoms with E-state index in [2.05, 4.69) is 47.7 Å². The molecular formula is C20H28N4O. The average Bonchev–Trinajstić information content (AvgIpc) is 3.08. The maximum atomic E-state index is 5.39. The Morgan fingerprint density at radius 3 is 2.72 bits per heavy atom. The molecule has 0 saturated carbocycles. The second kappa shape index (κ2) is 8.30. The molecule has 3 heterocycles. The zero-order valence-corrected chi connectivity index (χ0v) is 15.5. The summed E-state index contributed by atoms with van der Waals surface area (Å²) in [6, 6.07) is 6.03. The van der Waals surface area contributed by atoms with Crippen LogP contribution in [0.2, 0.25) is 0 Å². The molecule has 0 N–H and O–H groups in total. The van der Waals surface area contributed by atoms with Crippen LogP contribution in [0, 0.1) is 6.92 Å². The van der Waals surface area contributed by atoms with Gasteiger partial charge in [-0.25, -0.2) is 9.97 Å². The van der Waals surface area contributed by atoms with Crippen LogP contribution in [-0.2, 0) is 6.42 Å². The summed E-state index contributed by atoms with van der Waals surface area (Å²) in [6.07, 6.45) is 5.87. The van der Waals surface area contributed by atoms with Crippen LogP contribution in [0.4, 0.5) is 5.82 Å². The molecule has 2 aromatic rings. The average molecular weight is 340 g/mol. The van der Waals surface area contributed by atoms with Gasteiger partial charge in [0.1, 0.15) is 17.4 Å². The first-order chi connectivity index (χ1) is 12.1. The van der Waals surface area contributed by atoms with Crippen LogP contribution in [0.5, 0.6) is 0 Å². The van der Waals surface area contributed by atoms with E-state index in [4.69, 9.17) is 9.40 Å². The third kappa shape index (κ3) is 4.92. The molecule has 3 rings (SSSR count). The maximum absolute atomic E-state index is 5.39. The monoisotopic (exact) mass is 340 g/mol. The highest BCUT2D eigenvalue weighted by Gasteiger charge is 2.19. The molecule has 0 aliphatic carbocycles. The van der Waals surface area contributed by atoms with Gasteiger partial charge in [-0.15, -0.1) is 0 Å². The zero-order chi connectivity index (χ0) is 17.6. The predicted molar refractivity (Wildman–Crippen MR) is 102 cm³/mol. The molecule has 1 saturated heterocycles. The second-order valence-corrected chi connectivity index (χ2v) is 6.80. The molecule has 0 unspecified atom stereocenters. The highest BCUT2D eigenvalue weighted by Crippen LogP contribution is 2.17. The van der Waals surface area contributed by atoms with Crippen molar-refractivity contribution < 1.29 is 4.42 Å². The lowest BCUT2D eigenvalue weighted by molar-refractivity contribution is 0.278. The van der Waals surface area contributed by atoms with Crippen LogP contribution in [0.1, 0.15) is 37.5 Å². The van der Waals surface area contributed by atoms with Crippen LogP contribution >= 0.6 is 0 Å². The van der Waals surface area contributed by atoms with Crippen molar-refractivity contribution in [3.8, 4) is 0 Å². The third-order valence-electron chi connectivity index (χ3n) is 4.46. The second-order valence-electron chi connectivity index (χ2n) is 6.80. The number of piperazine rings is 1. The number of furan rings is 1. The van der Waals surface area contributed by atoms with Gasteiger partial charge in [-0.05, 0) is 38.5 Å². The van der Waals surface area contributed by atoms with Gasteiger partial charge < -0.3 is 9.32 Å². The van der Waals surface area contributed by atoms with E-state index >= 15 is 0 Å². The molecule has 5 heteroatoms. The zero-order valence-electron chi connectivity index (χ0n) is 15.5. The normalized spacial score (nSPS) is 16.4. The fraction of sp³-hybridized carbons (Fsp3) is 0.500. The van der Waals surface area contributed by atoms with Crippen LogP contribution in [0.15, 0.2) is 34.5 Å². The molecule has 0 amide bonds. The number of aromatic nitrogens is 2. The molecule has 0 aromatic carbocycles. The summed E-state index contributed by atoms with van der Waals surface area (Å²) in [4.78, 5) is 14.2. The Bertz CT molecular complexity index is 700. The van der Waals surface area contributed by atoms with E-state index in [1.165, 1.54) is 5.57 Å². The lowest BCUT2D eigenvalue weighted by atomic mass is 10.2. The minimum absolute atomic E-state index is 0.927. The van der Waals surface area contributed by atoms with Crippen molar-refractivity contribution in [2.75, 3.05) is 37.6 Å². The molecule has 0 atom stereocenters. The van der Waals surface area contributed by atoms with Crippen molar-refractivity contribution in [1.82, 2.24) is 14.9 Å². The van der Waals surface area contributed by atoms with Gasteiger partial charge in [0.2, 0.25) is 0 Å². The minimum Gasteiger partial charge on any atom is -0.465 e. The van der Waals surface area contributed by atoms with Crippen LogP contribution in [-0.4, -0.2) is 47.6 Å². The smallest absolute Gasteiger partial charge is 0.132 e. The summed E-state index contributed by atoms with van der Waals surface area (Å²) in [6.45, 7) is 11.5. The van der Waals surface area contributed by atoms with E-state index in [1.807, 2.05) is 12.1 Å². The summed E-state index contributed by atoms with van der Waals surface area (Å²) >= 11 is 0. The first-order valence-electron chi connectivity index (χ1n) is 9.16. The van der Waals surface area contributed by atoms with Gasteiger partial charge in [0, 0.05) is 50.9 Å². The van der Waals surface area contributed by atoms with E-state index < -0.39 is 0 Å². The molecule has 1 aliphatic rings. The van der Waals surface area contributed by atoms with Crippen molar-refractivity contribution in [3.63, 3.8) is 0 Å². The summed E-state index contributed by atoms with van der Waals surface area (Å²) in [5.41, 5.74) is 2.39. The molecule has 1 aliphatic heterocycles. The van der Waals surface area contributed by atoms with Gasteiger partial charge in [-0.2, -0.15) is 0 Å². The Balaban J connectivity index is 1.57. The molecule has 1 fully saturated rings. The lowest BCUT2D eigenvalue weighted by Gasteiger charge is -2.35. The quantitative estimate of drug-likeness (QED) is 0.804. The first kappa shape index (κ1) is 17.7. The molecule has 0 spiro atoms. The van der Waals surface area contributed by atoms with Gasteiger partial charge in [0.25, 0.3) is 0 Å². The van der Waals surface area contributed by atoms with Gasteiger partial charge in [0.15, 0.2) is 0 Å². The number of hydrogen-bond acceptors (Lipinski definition) is 5. The molecule has 134 valence electrons. The Morgan fingerprint density at radius 1 is 1.24 bits per heavy atom. The highest BCUT2D eigenvalue weighted by molar-refractivity contribution is 5.47. The predicted octanol–water partition coefficient (Wildman–Crippen LogP) is 3.56. The summed E-state index contributed by atoms with van der Waals surface area (Å²) in [5.74, 6) is 2.98. The van der Waals surface area contributed by atoms with Crippen LogP contribution < -0.4 is 4.90 Å². The van der Waals surface area contributed by atoms with Crippen molar-refractivity contribution in [3.05, 3.63) is 47.3 Å². The van der Waals surface area contributed by atoms with Gasteiger partial charge in [-0.3, -0.25) is 4.90 Å². The molecule has 2 aromatic heterocycles. The number of anilines is 1. The lowest BCUT2D eigenvalue weighted by Crippen LogP contribution is -2.47. The number of aryl methyl sites for hydroxylation is 2. The summed E-state index contributed by atoms with van der Waals surface area (Å²) < 4.78 is 5.39. The molecule has 0 bridgehead atoms. The van der Waals surface area contributed by atoms with E-state index in [0.29, 0.717) is 0 Å². The topological polar surface area (TPSA) is 45.4 Å². The molecule has 25 heavy (non-hydrogen) atoms. The van der Waals surface area contributed by atoms with Gasteiger partial charge in [-0.1, -0.05) is 12.5 Å². The Kier molecular flexibility index (Phi) is 5.87. The van der Waals surface area contributed by atoms with Crippen LogP contribution in [0.25, 0.3) is 6.08 Å². The standard InChI is InChI=1S/C20H28N4O/c1-4-6-19-21-17(3)14-20(22-19)24-10-8-23(9-11-24)15-16(2)13-18-7-5-12-25-18/h5,7,12-14H,4,6,8-11,15H2,1-3H3/b16-13+. The third-order valence-corrected chi connectivity index (χ3v) is 4.46. The van der Waals surface area contributed by atoms with E-state index in [0.717, 1.165) is 68.7 Å². The Hall–Kier alpha value is -2.14. The Labute approximate surface area is 150 Å². The van der Waals surface area contributed by atoms with Crippen molar-refractivity contribution in [2.45, 2.75) is 33.6 Å². The number of hydrogen-bond donors (Lipinski definition) is 0.